The summed E-state index contributed by atoms with van der Waals surface area (Å²) in [6.07, 6.45) is 1.43. The molecule has 2 N–H and O–H groups in total. The summed E-state index contributed by atoms with van der Waals surface area (Å²) in [5.41, 5.74) is 5.02. The van der Waals surface area contributed by atoms with Crippen molar-refractivity contribution < 1.29 is 9.53 Å². The van der Waals surface area contributed by atoms with Gasteiger partial charge in [0.15, 0.2) is 0 Å². The molecule has 0 saturated carbocycles. The largest absolute Gasteiger partial charge is 0.443 e. The van der Waals surface area contributed by atoms with Crippen LogP contribution in [-0.4, -0.2) is 18.2 Å². The van der Waals surface area contributed by atoms with Crippen molar-refractivity contribution in [1.82, 2.24) is 10.9 Å². The standard InChI is InChI=1S/C13H26N2O2/c1-8-10(12(2,3)4)9-14-15-11(16)17-13(5,6)7/h8,10,14H,1,9H2,2-7H3,(H,15,16)/t10-/m1/s1. The van der Waals surface area contributed by atoms with E-state index in [-0.39, 0.29) is 11.3 Å². The summed E-state index contributed by atoms with van der Waals surface area (Å²) in [5.74, 6) is 0.275. The number of hydrogen-bond donors (Lipinski definition) is 2. The summed E-state index contributed by atoms with van der Waals surface area (Å²) in [4.78, 5) is 11.4. The Labute approximate surface area is 105 Å². The molecule has 0 radical (unpaired) electrons. The summed E-state index contributed by atoms with van der Waals surface area (Å²) in [5, 5.41) is 0. The quantitative estimate of drug-likeness (QED) is 0.588. The third-order valence-electron chi connectivity index (χ3n) is 2.31. The van der Waals surface area contributed by atoms with Gasteiger partial charge in [0.2, 0.25) is 0 Å². The van der Waals surface area contributed by atoms with Crippen molar-refractivity contribution in [1.29, 1.82) is 0 Å². The molecule has 1 amide bonds. The highest BCUT2D eigenvalue weighted by atomic mass is 16.6. The van der Waals surface area contributed by atoms with Gasteiger partial charge in [-0.05, 0) is 32.1 Å². The average Bonchev–Trinajstić information content (AvgIpc) is 2.07. The van der Waals surface area contributed by atoms with Crippen LogP contribution in [0.15, 0.2) is 12.7 Å². The van der Waals surface area contributed by atoms with Gasteiger partial charge in [-0.15, -0.1) is 6.58 Å². The molecule has 0 spiro atoms. The lowest BCUT2D eigenvalue weighted by Gasteiger charge is -2.28. The van der Waals surface area contributed by atoms with Crippen LogP contribution in [0, 0.1) is 11.3 Å². The molecule has 0 fully saturated rings. The minimum atomic E-state index is -0.479. The van der Waals surface area contributed by atoms with Crippen molar-refractivity contribution in [3.63, 3.8) is 0 Å². The van der Waals surface area contributed by atoms with Gasteiger partial charge in [0.25, 0.3) is 0 Å². The summed E-state index contributed by atoms with van der Waals surface area (Å²) in [7, 11) is 0. The molecular weight excluding hydrogens is 216 g/mol. The number of hydrogen-bond acceptors (Lipinski definition) is 3. The van der Waals surface area contributed by atoms with Gasteiger partial charge in [0, 0.05) is 6.54 Å². The number of amides is 1. The predicted octanol–water partition coefficient (Wildman–Crippen LogP) is 2.86. The molecule has 0 aliphatic heterocycles. The molecule has 4 nitrogen and oxygen atoms in total. The Bertz CT molecular complexity index is 262. The van der Waals surface area contributed by atoms with E-state index in [0.717, 1.165) is 0 Å². The van der Waals surface area contributed by atoms with Gasteiger partial charge in [0.1, 0.15) is 5.60 Å². The van der Waals surface area contributed by atoms with Gasteiger partial charge in [-0.1, -0.05) is 26.8 Å². The minimum absolute atomic E-state index is 0.115. The van der Waals surface area contributed by atoms with Gasteiger partial charge in [-0.25, -0.2) is 10.2 Å². The molecule has 0 aromatic heterocycles. The van der Waals surface area contributed by atoms with Crippen LogP contribution in [0.2, 0.25) is 0 Å². The van der Waals surface area contributed by atoms with E-state index in [2.05, 4.69) is 38.2 Å². The van der Waals surface area contributed by atoms with E-state index < -0.39 is 11.7 Å². The number of rotatable bonds is 4. The molecular formula is C13H26N2O2. The molecule has 100 valence electrons. The number of carbonyl (C=O) groups excluding carboxylic acids is 1. The first kappa shape index (κ1) is 16.0. The summed E-state index contributed by atoms with van der Waals surface area (Å²) >= 11 is 0. The van der Waals surface area contributed by atoms with Crippen molar-refractivity contribution >= 4 is 6.09 Å². The van der Waals surface area contributed by atoms with E-state index in [0.29, 0.717) is 6.54 Å². The zero-order valence-corrected chi connectivity index (χ0v) is 11.9. The lowest BCUT2D eigenvalue weighted by molar-refractivity contribution is 0.0491. The van der Waals surface area contributed by atoms with Crippen molar-refractivity contribution in [2.45, 2.75) is 47.1 Å². The average molecular weight is 242 g/mol. The molecule has 17 heavy (non-hydrogen) atoms. The van der Waals surface area contributed by atoms with Crippen LogP contribution in [0.5, 0.6) is 0 Å². The molecule has 0 unspecified atom stereocenters. The number of ether oxygens (including phenoxy) is 1. The van der Waals surface area contributed by atoms with E-state index >= 15 is 0 Å². The van der Waals surface area contributed by atoms with Crippen LogP contribution in [0.1, 0.15) is 41.5 Å². The molecule has 4 heteroatoms. The molecule has 0 aromatic rings. The van der Waals surface area contributed by atoms with Gasteiger partial charge in [0.05, 0.1) is 0 Å². The Hall–Kier alpha value is -1.03. The maximum absolute atomic E-state index is 11.4. The van der Waals surface area contributed by atoms with Gasteiger partial charge in [-0.2, -0.15) is 0 Å². The number of nitrogens with one attached hydrogen (secondary N) is 2. The predicted molar refractivity (Wildman–Crippen MR) is 70.5 cm³/mol. The number of hydrazine groups is 1. The van der Waals surface area contributed by atoms with Crippen LogP contribution in [0.4, 0.5) is 4.79 Å². The first-order valence-electron chi connectivity index (χ1n) is 5.90. The van der Waals surface area contributed by atoms with Crippen molar-refractivity contribution in [2.24, 2.45) is 11.3 Å². The van der Waals surface area contributed by atoms with Crippen molar-refractivity contribution in [3.8, 4) is 0 Å². The summed E-state index contributed by atoms with van der Waals surface area (Å²) < 4.78 is 5.10. The highest BCUT2D eigenvalue weighted by molar-refractivity contribution is 5.66. The maximum atomic E-state index is 11.4. The molecule has 1 atom stereocenters. The molecule has 0 bridgehead atoms. The Kier molecular flexibility index (Phi) is 5.69. The first-order chi connectivity index (χ1) is 7.56. The molecule has 0 saturated heterocycles. The normalized spacial score (nSPS) is 14.0. The monoisotopic (exact) mass is 242 g/mol. The highest BCUT2D eigenvalue weighted by Gasteiger charge is 2.22. The second kappa shape index (κ2) is 6.05. The van der Waals surface area contributed by atoms with Crippen LogP contribution in [0.3, 0.4) is 0 Å². The zero-order valence-electron chi connectivity index (χ0n) is 11.9. The SMILES string of the molecule is C=C[C@H](CNNC(=O)OC(C)(C)C)C(C)(C)C. The lowest BCUT2D eigenvalue weighted by atomic mass is 9.81. The Morgan fingerprint density at radius 3 is 2.18 bits per heavy atom. The Morgan fingerprint density at radius 1 is 1.29 bits per heavy atom. The highest BCUT2D eigenvalue weighted by Crippen LogP contribution is 2.25. The second-order valence-electron chi connectivity index (χ2n) is 6.22. The van der Waals surface area contributed by atoms with E-state index in [1.54, 1.807) is 0 Å². The molecule has 0 aliphatic rings. The third kappa shape index (κ3) is 7.80. The van der Waals surface area contributed by atoms with E-state index in [1.165, 1.54) is 0 Å². The smallest absolute Gasteiger partial charge is 0.422 e. The Morgan fingerprint density at radius 2 is 1.82 bits per heavy atom. The fourth-order valence-electron chi connectivity index (χ4n) is 1.28. The fourth-order valence-corrected chi connectivity index (χ4v) is 1.28. The second-order valence-corrected chi connectivity index (χ2v) is 6.22. The molecule has 0 rings (SSSR count). The van der Waals surface area contributed by atoms with Crippen LogP contribution in [-0.2, 0) is 4.74 Å². The van der Waals surface area contributed by atoms with Gasteiger partial charge >= 0.3 is 6.09 Å². The minimum Gasteiger partial charge on any atom is -0.443 e. The van der Waals surface area contributed by atoms with E-state index in [1.807, 2.05) is 26.8 Å². The van der Waals surface area contributed by atoms with Gasteiger partial charge < -0.3 is 4.74 Å². The number of carbonyl (C=O) groups is 1. The van der Waals surface area contributed by atoms with Crippen molar-refractivity contribution in [3.05, 3.63) is 12.7 Å². The van der Waals surface area contributed by atoms with Crippen LogP contribution >= 0.6 is 0 Å². The molecule has 0 aromatic carbocycles. The van der Waals surface area contributed by atoms with Crippen molar-refractivity contribution in [2.75, 3.05) is 6.54 Å². The topological polar surface area (TPSA) is 50.4 Å². The fraction of sp³-hybridized carbons (Fsp3) is 0.769. The first-order valence-corrected chi connectivity index (χ1v) is 5.90. The third-order valence-corrected chi connectivity index (χ3v) is 2.31. The van der Waals surface area contributed by atoms with E-state index in [4.69, 9.17) is 4.74 Å². The molecule has 0 heterocycles. The Balaban J connectivity index is 3.99. The van der Waals surface area contributed by atoms with E-state index in [9.17, 15) is 4.79 Å². The van der Waals surface area contributed by atoms with Crippen LogP contribution in [0.25, 0.3) is 0 Å². The molecule has 0 aliphatic carbocycles. The lowest BCUT2D eigenvalue weighted by Crippen LogP contribution is -2.44. The van der Waals surface area contributed by atoms with Gasteiger partial charge in [-0.3, -0.25) is 5.43 Å². The maximum Gasteiger partial charge on any atom is 0.422 e. The zero-order chi connectivity index (χ0) is 13.7. The van der Waals surface area contributed by atoms with Crippen LogP contribution < -0.4 is 10.9 Å². The summed E-state index contributed by atoms with van der Waals surface area (Å²) in [6.45, 7) is 16.3. The summed E-state index contributed by atoms with van der Waals surface area (Å²) in [6, 6.07) is 0.